The first-order chi connectivity index (χ1) is 27.8. The van der Waals surface area contributed by atoms with Crippen LogP contribution < -0.4 is 4.74 Å². The maximum absolute atomic E-state index is 13.9. The average Bonchev–Trinajstić information content (AvgIpc) is 4.10. The molecule has 0 aromatic heterocycles. The summed E-state index contributed by atoms with van der Waals surface area (Å²) in [5.74, 6) is 2.88. The van der Waals surface area contributed by atoms with Crippen LogP contribution in [0.5, 0.6) is 5.75 Å². The van der Waals surface area contributed by atoms with Crippen molar-refractivity contribution >= 4 is 47.2 Å². The quantitative estimate of drug-likeness (QED) is 0.233. The largest absolute Gasteiger partial charge is 0.496 e. The van der Waals surface area contributed by atoms with Gasteiger partial charge in [0.05, 0.1) is 18.6 Å². The molecular weight excluding hydrogens is 760 g/mol. The Morgan fingerprint density at radius 3 is 1.42 bits per heavy atom. The molecule has 0 spiro atoms. The number of hydrogen-bond acceptors (Lipinski definition) is 7. The summed E-state index contributed by atoms with van der Waals surface area (Å²) < 4.78 is 19.4. The van der Waals surface area contributed by atoms with Gasteiger partial charge in [0.1, 0.15) is 11.6 Å². The fourth-order valence-corrected chi connectivity index (χ4v) is 11.3. The van der Waals surface area contributed by atoms with E-state index in [1.807, 2.05) is 69.5 Å². The topological polar surface area (TPSA) is 90.5 Å². The summed E-state index contributed by atoms with van der Waals surface area (Å²) in [6.45, 7) is 9.09. The first-order valence-corrected chi connectivity index (χ1v) is 23.6. The number of rotatable bonds is 11. The second-order valence-electron chi connectivity index (χ2n) is 16.0. The monoisotopic (exact) mass is 822 g/mol. The second kappa shape index (κ2) is 21.1. The standard InChI is InChI=1S/C22H30N2O3S.C21H27FN2O2S.C2H6/c1-27-20-9-5-4-8-17(20)18-14-19(18)22(26)24-12-10-23(11-13-24)21(25)15-28-16-6-2-3-7-16;22-19-8-4-3-7-16(19)17-13-18(17)21(26)24-11-9-23(10-12-24)20(25)14-27-15-5-1-2-6-15;1-2/h4-5,8-9,16,18-19H,2-3,6-7,10-15H2,1H3;3-4,7-8,15,17-18H,1-2,5-6,9-14H2;1-2H3/t18-,19+;17-,18+;/m10./s1. The van der Waals surface area contributed by atoms with Crippen molar-refractivity contribution in [3.8, 4) is 5.75 Å². The van der Waals surface area contributed by atoms with E-state index in [1.165, 1.54) is 57.4 Å². The van der Waals surface area contributed by atoms with E-state index in [4.69, 9.17) is 4.74 Å². The highest BCUT2D eigenvalue weighted by Crippen LogP contribution is 2.51. The van der Waals surface area contributed by atoms with Gasteiger partial charge < -0.3 is 24.3 Å². The van der Waals surface area contributed by atoms with Crippen LogP contribution in [0.2, 0.25) is 0 Å². The molecule has 6 fully saturated rings. The molecule has 0 bridgehead atoms. The van der Waals surface area contributed by atoms with Gasteiger partial charge in [0, 0.05) is 74.7 Å². The Kier molecular flexibility index (Phi) is 16.1. The Bertz CT molecular complexity index is 1650. The molecule has 4 atom stereocenters. The molecule has 0 N–H and O–H groups in total. The fourth-order valence-electron chi connectivity index (χ4n) is 8.86. The highest BCUT2D eigenvalue weighted by molar-refractivity contribution is 8.00. The number of benzene rings is 2. The van der Waals surface area contributed by atoms with E-state index in [-0.39, 0.29) is 53.1 Å². The van der Waals surface area contributed by atoms with Crippen LogP contribution in [0.25, 0.3) is 0 Å². The van der Waals surface area contributed by atoms with Crippen LogP contribution in [0, 0.1) is 17.7 Å². The van der Waals surface area contributed by atoms with E-state index in [9.17, 15) is 23.6 Å². The van der Waals surface area contributed by atoms with Gasteiger partial charge in [-0.2, -0.15) is 0 Å². The molecule has 4 aliphatic carbocycles. The van der Waals surface area contributed by atoms with Crippen molar-refractivity contribution in [3.63, 3.8) is 0 Å². The van der Waals surface area contributed by atoms with E-state index in [1.54, 1.807) is 31.0 Å². The van der Waals surface area contributed by atoms with Gasteiger partial charge in [-0.3, -0.25) is 19.2 Å². The van der Waals surface area contributed by atoms with Crippen molar-refractivity contribution < 1.29 is 28.3 Å². The third kappa shape index (κ3) is 11.5. The van der Waals surface area contributed by atoms with Crippen molar-refractivity contribution in [1.29, 1.82) is 0 Å². The summed E-state index contributed by atoms with van der Waals surface area (Å²) in [7, 11) is 1.68. The predicted molar refractivity (Wildman–Crippen MR) is 228 cm³/mol. The SMILES string of the molecule is CC.COc1ccccc1[C@H]1C[C@@H]1C(=O)N1CCN(C(=O)CSC2CCCC2)CC1.O=C(CSC1CCCC1)N1CCN(C(=O)[C@@H]2C[C@H]2c2ccccc2F)CC1. The van der Waals surface area contributed by atoms with E-state index >= 15 is 0 Å². The van der Waals surface area contributed by atoms with Gasteiger partial charge in [-0.1, -0.05) is 75.9 Å². The number of methoxy groups -OCH3 is 1. The summed E-state index contributed by atoms with van der Waals surface area (Å²) in [4.78, 5) is 58.2. The molecule has 2 aromatic rings. The Hall–Kier alpha value is -3.25. The normalized spacial score (nSPS) is 24.6. The molecule has 2 aromatic carbocycles. The van der Waals surface area contributed by atoms with Gasteiger partial charge in [-0.15, -0.1) is 23.5 Å². The van der Waals surface area contributed by atoms with Crippen LogP contribution in [0.3, 0.4) is 0 Å². The molecule has 12 heteroatoms. The summed E-state index contributed by atoms with van der Waals surface area (Å²) in [5.41, 5.74) is 1.80. The highest BCUT2D eigenvalue weighted by atomic mass is 32.2. The zero-order valence-corrected chi connectivity index (χ0v) is 35.9. The molecule has 2 saturated heterocycles. The van der Waals surface area contributed by atoms with Crippen LogP contribution in [-0.4, -0.2) is 125 Å². The van der Waals surface area contributed by atoms with E-state index in [0.29, 0.717) is 79.9 Å². The number of nitrogens with zero attached hydrogens (tertiary/aromatic N) is 4. The molecular formula is C45H63FN4O5S2. The number of para-hydroxylation sites is 1. The molecule has 57 heavy (non-hydrogen) atoms. The third-order valence-electron chi connectivity index (χ3n) is 12.4. The van der Waals surface area contributed by atoms with Crippen molar-refractivity contribution in [3.05, 3.63) is 65.5 Å². The van der Waals surface area contributed by atoms with Gasteiger partial charge in [-0.25, -0.2) is 4.39 Å². The molecule has 2 heterocycles. The first-order valence-electron chi connectivity index (χ1n) is 21.5. The molecule has 2 aliphatic heterocycles. The summed E-state index contributed by atoms with van der Waals surface area (Å²) in [6.07, 6.45) is 11.8. The maximum atomic E-state index is 13.9. The Morgan fingerprint density at radius 2 is 0.982 bits per heavy atom. The Morgan fingerprint density at radius 1 is 0.596 bits per heavy atom. The number of piperazine rings is 2. The maximum Gasteiger partial charge on any atom is 0.232 e. The first kappa shape index (κ1) is 43.3. The molecule has 8 rings (SSSR count). The van der Waals surface area contributed by atoms with Gasteiger partial charge in [0.25, 0.3) is 0 Å². The molecule has 6 aliphatic rings. The van der Waals surface area contributed by atoms with Crippen molar-refractivity contribution in [2.24, 2.45) is 11.8 Å². The van der Waals surface area contributed by atoms with Crippen molar-refractivity contribution in [1.82, 2.24) is 19.6 Å². The van der Waals surface area contributed by atoms with Crippen LogP contribution >= 0.6 is 23.5 Å². The predicted octanol–water partition coefficient (Wildman–Crippen LogP) is 7.45. The number of carbonyl (C=O) groups is 4. The molecule has 4 amide bonds. The fraction of sp³-hybridized carbons (Fsp3) is 0.644. The zero-order valence-electron chi connectivity index (χ0n) is 34.2. The number of hydrogen-bond donors (Lipinski definition) is 0. The average molecular weight is 823 g/mol. The van der Waals surface area contributed by atoms with Crippen LogP contribution in [0.4, 0.5) is 4.39 Å². The second-order valence-corrected chi connectivity index (χ2v) is 18.6. The van der Waals surface area contributed by atoms with E-state index in [2.05, 4.69) is 6.07 Å². The lowest BCUT2D eigenvalue weighted by Gasteiger charge is -2.35. The molecule has 312 valence electrons. The van der Waals surface area contributed by atoms with Crippen molar-refractivity contribution in [2.45, 2.75) is 100 Å². The summed E-state index contributed by atoms with van der Waals surface area (Å²) in [5, 5.41) is 1.33. The Balaban J connectivity index is 0.000000185. The minimum atomic E-state index is -0.215. The smallest absolute Gasteiger partial charge is 0.232 e. The number of carbonyl (C=O) groups excluding carboxylic acids is 4. The third-order valence-corrected chi connectivity index (χ3v) is 15.1. The van der Waals surface area contributed by atoms with Gasteiger partial charge in [-0.05, 0) is 73.6 Å². The van der Waals surface area contributed by atoms with Crippen molar-refractivity contribution in [2.75, 3.05) is 71.0 Å². The minimum Gasteiger partial charge on any atom is -0.496 e. The van der Waals surface area contributed by atoms with Crippen LogP contribution in [0.1, 0.15) is 101 Å². The zero-order chi connectivity index (χ0) is 40.3. The van der Waals surface area contributed by atoms with Gasteiger partial charge in [0.15, 0.2) is 0 Å². The van der Waals surface area contributed by atoms with E-state index < -0.39 is 0 Å². The highest BCUT2D eigenvalue weighted by Gasteiger charge is 2.48. The van der Waals surface area contributed by atoms with Crippen LogP contribution in [-0.2, 0) is 19.2 Å². The number of ether oxygens (including phenoxy) is 1. The number of amides is 4. The molecule has 4 saturated carbocycles. The van der Waals surface area contributed by atoms with Gasteiger partial charge in [0.2, 0.25) is 23.6 Å². The summed E-state index contributed by atoms with van der Waals surface area (Å²) in [6, 6.07) is 14.7. The lowest BCUT2D eigenvalue weighted by Crippen LogP contribution is -2.51. The molecule has 9 nitrogen and oxygen atoms in total. The van der Waals surface area contributed by atoms with E-state index in [0.717, 1.165) is 24.2 Å². The molecule has 0 unspecified atom stereocenters. The lowest BCUT2D eigenvalue weighted by atomic mass is 10.1. The number of halogens is 1. The van der Waals surface area contributed by atoms with Gasteiger partial charge >= 0.3 is 0 Å². The molecule has 0 radical (unpaired) electrons. The summed E-state index contributed by atoms with van der Waals surface area (Å²) >= 11 is 3.63. The minimum absolute atomic E-state index is 0.0150. The van der Waals surface area contributed by atoms with Crippen LogP contribution in [0.15, 0.2) is 48.5 Å². The lowest BCUT2D eigenvalue weighted by molar-refractivity contribution is -0.139. The number of thioether (sulfide) groups is 2. The Labute approximate surface area is 348 Å².